The molecular formula is C20H16N2O2S. The van der Waals surface area contributed by atoms with Gasteiger partial charge in [-0.2, -0.15) is 0 Å². The molecule has 4 rings (SSSR count). The molecule has 0 radical (unpaired) electrons. The number of methoxy groups -OCH3 is 1. The molecular weight excluding hydrogens is 332 g/mol. The van der Waals surface area contributed by atoms with Crippen LogP contribution in [-0.2, 0) is 0 Å². The lowest BCUT2D eigenvalue weighted by Gasteiger charge is -2.35. The van der Waals surface area contributed by atoms with Gasteiger partial charge in [-0.05, 0) is 42.0 Å². The molecule has 1 amide bonds. The number of aromatic nitrogens is 1. The molecule has 1 atom stereocenters. The number of anilines is 1. The molecule has 0 fully saturated rings. The van der Waals surface area contributed by atoms with Crippen LogP contribution in [0, 0.1) is 0 Å². The Morgan fingerprint density at radius 3 is 2.68 bits per heavy atom. The van der Waals surface area contributed by atoms with E-state index in [0.29, 0.717) is 5.56 Å². The van der Waals surface area contributed by atoms with Crippen molar-refractivity contribution in [2.75, 3.05) is 12.0 Å². The Labute approximate surface area is 150 Å². The molecule has 124 valence electrons. The highest BCUT2D eigenvalue weighted by molar-refractivity contribution is 7.99. The van der Waals surface area contributed by atoms with Gasteiger partial charge in [0.15, 0.2) is 0 Å². The zero-order chi connectivity index (χ0) is 17.2. The summed E-state index contributed by atoms with van der Waals surface area (Å²) in [7, 11) is 1.64. The van der Waals surface area contributed by atoms with Gasteiger partial charge >= 0.3 is 0 Å². The lowest BCUT2D eigenvalue weighted by Crippen LogP contribution is -2.37. The van der Waals surface area contributed by atoms with Gasteiger partial charge in [0.1, 0.15) is 16.1 Å². The number of rotatable bonds is 3. The molecule has 5 heteroatoms. The van der Waals surface area contributed by atoms with Gasteiger partial charge in [0.05, 0.1) is 12.7 Å². The molecule has 0 saturated carbocycles. The van der Waals surface area contributed by atoms with Crippen molar-refractivity contribution >= 4 is 23.4 Å². The number of para-hydroxylation sites is 1. The number of benzene rings is 2. The van der Waals surface area contributed by atoms with Crippen molar-refractivity contribution in [1.29, 1.82) is 0 Å². The largest absolute Gasteiger partial charge is 0.497 e. The number of nitrogens with zero attached hydrogens (tertiary/aromatic N) is 2. The Balaban J connectivity index is 1.86. The van der Waals surface area contributed by atoms with Crippen LogP contribution in [0.5, 0.6) is 5.75 Å². The van der Waals surface area contributed by atoms with Gasteiger partial charge in [0, 0.05) is 11.9 Å². The molecule has 0 bridgehead atoms. The van der Waals surface area contributed by atoms with Gasteiger partial charge in [-0.1, -0.05) is 42.1 Å². The van der Waals surface area contributed by atoms with E-state index in [2.05, 4.69) is 4.98 Å². The predicted octanol–water partition coefficient (Wildman–Crippen LogP) is 4.54. The van der Waals surface area contributed by atoms with Crippen LogP contribution < -0.4 is 9.64 Å². The zero-order valence-corrected chi connectivity index (χ0v) is 14.4. The Hall–Kier alpha value is -2.79. The van der Waals surface area contributed by atoms with Crippen molar-refractivity contribution < 1.29 is 9.53 Å². The van der Waals surface area contributed by atoms with Crippen molar-refractivity contribution in [1.82, 2.24) is 4.98 Å². The SMILES string of the molecule is COc1cccc(C2Sc3ncccc3C(=O)N2c2ccccc2)c1. The number of ether oxygens (including phenoxy) is 1. The third kappa shape index (κ3) is 2.87. The lowest BCUT2D eigenvalue weighted by atomic mass is 10.1. The summed E-state index contributed by atoms with van der Waals surface area (Å²) in [6.07, 6.45) is 1.72. The summed E-state index contributed by atoms with van der Waals surface area (Å²) in [6.45, 7) is 0. The van der Waals surface area contributed by atoms with E-state index in [1.807, 2.05) is 65.6 Å². The molecule has 2 aromatic carbocycles. The number of hydrogen-bond acceptors (Lipinski definition) is 4. The summed E-state index contributed by atoms with van der Waals surface area (Å²) < 4.78 is 5.35. The normalized spacial score (nSPS) is 16.4. The standard InChI is InChI=1S/C20H16N2O2S/c1-24-16-10-5-7-14(13-16)20-22(15-8-3-2-4-9-15)19(23)17-11-6-12-21-18(17)25-20/h2-13,20H,1H3. The zero-order valence-electron chi connectivity index (χ0n) is 13.6. The highest BCUT2D eigenvalue weighted by Gasteiger charge is 2.35. The monoisotopic (exact) mass is 348 g/mol. The number of carbonyl (C=O) groups excluding carboxylic acids is 1. The third-order valence-corrected chi connectivity index (χ3v) is 5.35. The molecule has 1 aliphatic rings. The van der Waals surface area contributed by atoms with E-state index >= 15 is 0 Å². The molecule has 2 heterocycles. The fraction of sp³-hybridized carbons (Fsp3) is 0.100. The number of carbonyl (C=O) groups is 1. The van der Waals surface area contributed by atoms with Crippen molar-refractivity contribution in [2.24, 2.45) is 0 Å². The molecule has 0 spiro atoms. The minimum Gasteiger partial charge on any atom is -0.497 e. The molecule has 3 aromatic rings. The first-order valence-electron chi connectivity index (χ1n) is 7.92. The van der Waals surface area contributed by atoms with Gasteiger partial charge in [-0.25, -0.2) is 4.98 Å². The van der Waals surface area contributed by atoms with Gasteiger partial charge < -0.3 is 4.74 Å². The highest BCUT2D eigenvalue weighted by Crippen LogP contribution is 2.46. The quantitative estimate of drug-likeness (QED) is 0.697. The van der Waals surface area contributed by atoms with Crippen molar-refractivity contribution in [3.63, 3.8) is 0 Å². The van der Waals surface area contributed by atoms with Crippen LogP contribution in [0.4, 0.5) is 5.69 Å². The van der Waals surface area contributed by atoms with Crippen LogP contribution in [-0.4, -0.2) is 18.0 Å². The van der Waals surface area contributed by atoms with Gasteiger partial charge in [-0.15, -0.1) is 0 Å². The molecule has 4 nitrogen and oxygen atoms in total. The summed E-state index contributed by atoms with van der Waals surface area (Å²) in [5, 5.41) is 0.555. The Morgan fingerprint density at radius 1 is 1.04 bits per heavy atom. The van der Waals surface area contributed by atoms with Crippen LogP contribution in [0.3, 0.4) is 0 Å². The number of hydrogen-bond donors (Lipinski definition) is 0. The fourth-order valence-corrected chi connectivity index (χ4v) is 4.12. The smallest absolute Gasteiger partial charge is 0.262 e. The second-order valence-electron chi connectivity index (χ2n) is 5.61. The molecule has 1 unspecified atom stereocenters. The van der Waals surface area contributed by atoms with Gasteiger partial charge in [-0.3, -0.25) is 9.69 Å². The summed E-state index contributed by atoms with van der Waals surface area (Å²) in [5.74, 6) is 0.728. The second-order valence-corrected chi connectivity index (χ2v) is 6.68. The molecule has 1 aromatic heterocycles. The molecule has 1 aliphatic heterocycles. The van der Waals surface area contributed by atoms with Gasteiger partial charge in [0.2, 0.25) is 0 Å². The molecule has 25 heavy (non-hydrogen) atoms. The van der Waals surface area contributed by atoms with E-state index in [0.717, 1.165) is 22.0 Å². The van der Waals surface area contributed by atoms with Crippen LogP contribution in [0.25, 0.3) is 0 Å². The van der Waals surface area contributed by atoms with Crippen molar-refractivity contribution in [2.45, 2.75) is 10.4 Å². The Bertz CT molecular complexity index is 914. The van der Waals surface area contributed by atoms with Crippen molar-refractivity contribution in [3.8, 4) is 5.75 Å². The van der Waals surface area contributed by atoms with Crippen LogP contribution >= 0.6 is 11.8 Å². The van der Waals surface area contributed by atoms with E-state index < -0.39 is 0 Å². The van der Waals surface area contributed by atoms with Crippen molar-refractivity contribution in [3.05, 3.63) is 84.1 Å². The van der Waals surface area contributed by atoms with Crippen LogP contribution in [0.1, 0.15) is 21.3 Å². The van der Waals surface area contributed by atoms with E-state index in [1.165, 1.54) is 0 Å². The number of fused-ring (bicyclic) bond motifs is 1. The minimum atomic E-state index is -0.201. The Kier molecular flexibility index (Phi) is 4.15. The van der Waals surface area contributed by atoms with E-state index in [-0.39, 0.29) is 11.3 Å². The first-order valence-corrected chi connectivity index (χ1v) is 8.80. The maximum Gasteiger partial charge on any atom is 0.262 e. The summed E-state index contributed by atoms with van der Waals surface area (Å²) in [4.78, 5) is 19.4. The topological polar surface area (TPSA) is 42.4 Å². The summed E-state index contributed by atoms with van der Waals surface area (Å²) in [5.41, 5.74) is 2.50. The highest BCUT2D eigenvalue weighted by atomic mass is 32.2. The van der Waals surface area contributed by atoms with Crippen LogP contribution in [0.15, 0.2) is 78.0 Å². The Morgan fingerprint density at radius 2 is 1.88 bits per heavy atom. The third-order valence-electron chi connectivity index (χ3n) is 4.09. The number of thioether (sulfide) groups is 1. The molecule has 0 N–H and O–H groups in total. The second kappa shape index (κ2) is 6.61. The summed E-state index contributed by atoms with van der Waals surface area (Å²) in [6, 6.07) is 21.2. The maximum atomic E-state index is 13.2. The predicted molar refractivity (Wildman–Crippen MR) is 99.1 cm³/mol. The fourth-order valence-electron chi connectivity index (χ4n) is 2.90. The number of amides is 1. The number of pyridine rings is 1. The lowest BCUT2D eigenvalue weighted by molar-refractivity contribution is 0.0978. The average molecular weight is 348 g/mol. The van der Waals surface area contributed by atoms with E-state index in [4.69, 9.17) is 4.74 Å². The van der Waals surface area contributed by atoms with Gasteiger partial charge in [0.25, 0.3) is 5.91 Å². The maximum absolute atomic E-state index is 13.2. The first kappa shape index (κ1) is 15.7. The van der Waals surface area contributed by atoms with Crippen LogP contribution in [0.2, 0.25) is 0 Å². The van der Waals surface area contributed by atoms with E-state index in [9.17, 15) is 4.79 Å². The minimum absolute atomic E-state index is 0.0409. The molecule has 0 saturated heterocycles. The van der Waals surface area contributed by atoms with E-state index in [1.54, 1.807) is 31.1 Å². The average Bonchev–Trinajstić information content (AvgIpc) is 2.68. The molecule has 0 aliphatic carbocycles. The summed E-state index contributed by atoms with van der Waals surface area (Å²) >= 11 is 1.57. The first-order chi connectivity index (χ1) is 12.3.